The van der Waals surface area contributed by atoms with Crippen molar-refractivity contribution >= 4 is 39.1 Å². The molecule has 10 heteroatoms. The summed E-state index contributed by atoms with van der Waals surface area (Å²) in [6.45, 7) is 5.18. The van der Waals surface area contributed by atoms with Gasteiger partial charge >= 0.3 is 0 Å². The summed E-state index contributed by atoms with van der Waals surface area (Å²) >= 11 is 1.39. The average Bonchev–Trinajstić information content (AvgIpc) is 2.97. The molecular formula is C22H26N4O4S2. The molecule has 0 unspecified atom stereocenters. The Morgan fingerprint density at radius 2 is 1.75 bits per heavy atom. The highest BCUT2D eigenvalue weighted by atomic mass is 32.2. The lowest BCUT2D eigenvalue weighted by Crippen LogP contribution is -2.23. The maximum absolute atomic E-state index is 13.1. The van der Waals surface area contributed by atoms with E-state index in [0.29, 0.717) is 17.1 Å². The molecule has 0 aliphatic rings. The number of carbonyl (C=O) groups is 1. The van der Waals surface area contributed by atoms with Crippen LogP contribution in [0.15, 0.2) is 63.1 Å². The molecule has 0 atom stereocenters. The minimum Gasteiger partial charge on any atom is -0.325 e. The van der Waals surface area contributed by atoms with E-state index in [-0.39, 0.29) is 22.4 Å². The van der Waals surface area contributed by atoms with Crippen molar-refractivity contribution in [3.8, 4) is 5.69 Å². The van der Waals surface area contributed by atoms with E-state index in [1.807, 2.05) is 12.3 Å². The third kappa shape index (κ3) is 4.61. The fraction of sp³-hybridized carbons (Fsp3) is 0.273. The zero-order valence-electron chi connectivity index (χ0n) is 18.5. The van der Waals surface area contributed by atoms with Gasteiger partial charge in [-0.2, -0.15) is 0 Å². The van der Waals surface area contributed by atoms with Crippen LogP contribution in [0.1, 0.15) is 19.5 Å². The molecule has 1 heterocycles. The van der Waals surface area contributed by atoms with Crippen molar-refractivity contribution in [2.45, 2.75) is 30.6 Å². The molecule has 0 fully saturated rings. The molecule has 0 spiro atoms. The highest BCUT2D eigenvalue weighted by molar-refractivity contribution is 7.98. The lowest BCUT2D eigenvalue weighted by atomic mass is 10.2. The number of para-hydroxylation sites is 1. The number of benzene rings is 2. The molecule has 1 amide bonds. The quantitative estimate of drug-likeness (QED) is 0.510. The molecule has 0 saturated carbocycles. The van der Waals surface area contributed by atoms with E-state index in [0.717, 1.165) is 4.90 Å². The number of sulfonamides is 1. The van der Waals surface area contributed by atoms with Crippen LogP contribution in [0.4, 0.5) is 11.4 Å². The Bertz CT molecular complexity index is 1310. The first-order chi connectivity index (χ1) is 15.1. The molecule has 8 nitrogen and oxygen atoms in total. The van der Waals surface area contributed by atoms with Crippen molar-refractivity contribution in [3.63, 3.8) is 0 Å². The third-order valence-corrected chi connectivity index (χ3v) is 7.20. The summed E-state index contributed by atoms with van der Waals surface area (Å²) in [7, 11) is -2.40. The molecule has 2 aromatic carbocycles. The minimum absolute atomic E-state index is 0.0296. The van der Waals surface area contributed by atoms with Gasteiger partial charge in [0.1, 0.15) is 5.69 Å². The van der Waals surface area contributed by atoms with Crippen LogP contribution in [-0.2, 0) is 21.9 Å². The normalized spacial score (nSPS) is 11.6. The molecule has 0 aliphatic carbocycles. The monoisotopic (exact) mass is 474 g/mol. The highest BCUT2D eigenvalue weighted by Crippen LogP contribution is 2.29. The van der Waals surface area contributed by atoms with Crippen LogP contribution in [0.3, 0.4) is 0 Å². The van der Waals surface area contributed by atoms with Crippen molar-refractivity contribution in [1.29, 1.82) is 0 Å². The Morgan fingerprint density at radius 3 is 2.34 bits per heavy atom. The van der Waals surface area contributed by atoms with Crippen LogP contribution >= 0.6 is 11.8 Å². The number of anilines is 2. The number of hydrogen-bond acceptors (Lipinski definition) is 5. The summed E-state index contributed by atoms with van der Waals surface area (Å²) in [6, 6.07) is 13.5. The highest BCUT2D eigenvalue weighted by Gasteiger charge is 2.23. The average molecular weight is 475 g/mol. The van der Waals surface area contributed by atoms with Gasteiger partial charge in [0.05, 0.1) is 22.0 Å². The van der Waals surface area contributed by atoms with E-state index in [9.17, 15) is 18.0 Å². The zero-order chi connectivity index (χ0) is 23.6. The van der Waals surface area contributed by atoms with E-state index in [4.69, 9.17) is 0 Å². The Balaban J connectivity index is 2.02. The van der Waals surface area contributed by atoms with Gasteiger partial charge in [-0.1, -0.05) is 32.0 Å². The molecule has 3 aromatic rings. The van der Waals surface area contributed by atoms with Gasteiger partial charge < -0.3 is 5.32 Å². The first kappa shape index (κ1) is 23.7. The van der Waals surface area contributed by atoms with Crippen LogP contribution in [0.5, 0.6) is 0 Å². The summed E-state index contributed by atoms with van der Waals surface area (Å²) in [4.78, 5) is 25.9. The standard InChI is InChI=1S/C22H26N4O4S2/c1-14(2)21(27)23-18-13-17(11-12-19(18)31-5)32(29,30)24-20-15(3)25(4)26(22(20)28)16-9-7-6-8-10-16/h6-14,24H,1-5H3,(H,23,27). The predicted molar refractivity (Wildman–Crippen MR) is 128 cm³/mol. The lowest BCUT2D eigenvalue weighted by molar-refractivity contribution is -0.118. The first-order valence-electron chi connectivity index (χ1n) is 9.92. The fourth-order valence-corrected chi connectivity index (χ4v) is 4.78. The molecule has 170 valence electrons. The summed E-state index contributed by atoms with van der Waals surface area (Å²) in [6.07, 6.45) is 1.84. The largest absolute Gasteiger partial charge is 0.325 e. The second-order valence-electron chi connectivity index (χ2n) is 7.55. The number of hydrogen-bond donors (Lipinski definition) is 2. The smallest absolute Gasteiger partial charge is 0.296 e. The molecule has 1 aromatic heterocycles. The predicted octanol–water partition coefficient (Wildman–Crippen LogP) is 3.60. The van der Waals surface area contributed by atoms with Gasteiger partial charge in [0.15, 0.2) is 0 Å². The van der Waals surface area contributed by atoms with Gasteiger partial charge in [-0.25, -0.2) is 13.1 Å². The number of thioether (sulfide) groups is 1. The minimum atomic E-state index is -4.08. The summed E-state index contributed by atoms with van der Waals surface area (Å²) in [5.41, 5.74) is 0.991. The van der Waals surface area contributed by atoms with Gasteiger partial charge in [-0.05, 0) is 43.5 Å². The van der Waals surface area contributed by atoms with E-state index in [1.54, 1.807) is 62.8 Å². The summed E-state index contributed by atoms with van der Waals surface area (Å²) in [5, 5.41) is 2.77. The van der Waals surface area contributed by atoms with Crippen molar-refractivity contribution in [2.75, 3.05) is 16.3 Å². The van der Waals surface area contributed by atoms with Crippen LogP contribution in [0, 0.1) is 12.8 Å². The lowest BCUT2D eigenvalue weighted by Gasteiger charge is -2.14. The summed E-state index contributed by atoms with van der Waals surface area (Å²) < 4.78 is 31.7. The summed E-state index contributed by atoms with van der Waals surface area (Å²) in [5.74, 6) is -0.473. The maximum Gasteiger partial charge on any atom is 0.296 e. The number of amides is 1. The molecular weight excluding hydrogens is 448 g/mol. The third-order valence-electron chi connectivity index (χ3n) is 5.05. The zero-order valence-corrected chi connectivity index (χ0v) is 20.2. The topological polar surface area (TPSA) is 102 Å². The van der Waals surface area contributed by atoms with Gasteiger partial charge in [0, 0.05) is 17.9 Å². The number of aromatic nitrogens is 2. The SMILES string of the molecule is CSc1ccc(S(=O)(=O)Nc2c(C)n(C)n(-c3ccccc3)c2=O)cc1NC(=O)C(C)C. The number of carbonyl (C=O) groups excluding carboxylic acids is 1. The molecule has 0 bridgehead atoms. The van der Waals surface area contributed by atoms with E-state index >= 15 is 0 Å². The van der Waals surface area contributed by atoms with Crippen LogP contribution in [-0.4, -0.2) is 29.9 Å². The second-order valence-corrected chi connectivity index (χ2v) is 10.1. The molecule has 0 saturated heterocycles. The second kappa shape index (κ2) is 9.25. The first-order valence-corrected chi connectivity index (χ1v) is 12.6. The van der Waals surface area contributed by atoms with E-state index in [1.165, 1.54) is 28.6 Å². The van der Waals surface area contributed by atoms with Crippen molar-refractivity contribution in [1.82, 2.24) is 9.36 Å². The van der Waals surface area contributed by atoms with Crippen LogP contribution < -0.4 is 15.6 Å². The molecule has 0 aliphatic heterocycles. The van der Waals surface area contributed by atoms with Gasteiger partial charge in [-0.15, -0.1) is 11.8 Å². The number of nitrogens with zero attached hydrogens (tertiary/aromatic N) is 2. The molecule has 0 radical (unpaired) electrons. The molecule has 2 N–H and O–H groups in total. The van der Waals surface area contributed by atoms with Gasteiger partial charge in [0.2, 0.25) is 5.91 Å². The van der Waals surface area contributed by atoms with E-state index in [2.05, 4.69) is 10.0 Å². The van der Waals surface area contributed by atoms with Gasteiger partial charge in [-0.3, -0.25) is 19.0 Å². The van der Waals surface area contributed by atoms with Crippen LogP contribution in [0.25, 0.3) is 5.69 Å². The number of rotatable bonds is 7. The number of nitrogens with one attached hydrogen (secondary N) is 2. The fourth-order valence-electron chi connectivity index (χ4n) is 3.11. The molecule has 3 rings (SSSR count). The van der Waals surface area contributed by atoms with Crippen molar-refractivity contribution in [3.05, 3.63) is 64.6 Å². The van der Waals surface area contributed by atoms with Crippen molar-refractivity contribution < 1.29 is 13.2 Å². The Kier molecular flexibility index (Phi) is 6.85. The molecule has 32 heavy (non-hydrogen) atoms. The van der Waals surface area contributed by atoms with Gasteiger partial charge in [0.25, 0.3) is 15.6 Å². The maximum atomic E-state index is 13.1. The van der Waals surface area contributed by atoms with Crippen LogP contribution in [0.2, 0.25) is 0 Å². The van der Waals surface area contributed by atoms with E-state index < -0.39 is 15.6 Å². The Hall–Kier alpha value is -2.98. The Morgan fingerprint density at radius 1 is 1.09 bits per heavy atom. The Labute approximate surface area is 191 Å². The van der Waals surface area contributed by atoms with Crippen molar-refractivity contribution in [2.24, 2.45) is 13.0 Å².